The van der Waals surface area contributed by atoms with Crippen molar-refractivity contribution in [2.24, 2.45) is 11.8 Å². The molecule has 3 fully saturated rings. The molecular formula is C26H30N2O10. The fourth-order valence-corrected chi connectivity index (χ4v) is 7.07. The van der Waals surface area contributed by atoms with Gasteiger partial charge in [-0.1, -0.05) is 18.2 Å². The zero-order valence-corrected chi connectivity index (χ0v) is 20.3. The van der Waals surface area contributed by atoms with Crippen molar-refractivity contribution in [1.29, 1.82) is 0 Å². The quantitative estimate of drug-likeness (QED) is 0.297. The molecule has 1 spiro atoms. The first kappa shape index (κ1) is 24.5. The van der Waals surface area contributed by atoms with Crippen molar-refractivity contribution in [2.75, 3.05) is 19.7 Å². The lowest BCUT2D eigenvalue weighted by Gasteiger charge is -2.49. The van der Waals surface area contributed by atoms with Gasteiger partial charge in [-0.15, -0.1) is 0 Å². The van der Waals surface area contributed by atoms with Crippen LogP contribution in [0.4, 0.5) is 0 Å². The number of aromatic amines is 1. The number of nitrogens with one attached hydrogen (secondary N) is 1. The molecule has 0 saturated carbocycles. The number of para-hydroxylation sites is 1. The number of ether oxygens (including phenoxy) is 4. The van der Waals surface area contributed by atoms with E-state index in [4.69, 9.17) is 18.9 Å². The Bertz CT molecular complexity index is 1290. The van der Waals surface area contributed by atoms with E-state index in [-0.39, 0.29) is 5.57 Å². The van der Waals surface area contributed by atoms with Gasteiger partial charge in [-0.25, -0.2) is 4.79 Å². The summed E-state index contributed by atoms with van der Waals surface area (Å²) in [6.45, 7) is 0.679. The molecule has 3 saturated heterocycles. The summed E-state index contributed by atoms with van der Waals surface area (Å²) >= 11 is 0. The van der Waals surface area contributed by atoms with Gasteiger partial charge in [-0.3, -0.25) is 4.90 Å². The Morgan fingerprint density at radius 1 is 1.16 bits per heavy atom. The highest BCUT2D eigenvalue weighted by Crippen LogP contribution is 2.57. The van der Waals surface area contributed by atoms with Crippen LogP contribution in [-0.2, 0) is 35.9 Å². The van der Waals surface area contributed by atoms with Crippen LogP contribution in [0.2, 0.25) is 0 Å². The summed E-state index contributed by atoms with van der Waals surface area (Å²) in [5.41, 5.74) is 2.43. The fraction of sp³-hybridized carbons (Fsp3) is 0.577. The monoisotopic (exact) mass is 530 g/mol. The Balaban J connectivity index is 1.24. The van der Waals surface area contributed by atoms with Crippen LogP contribution >= 0.6 is 0 Å². The van der Waals surface area contributed by atoms with Crippen LogP contribution in [0.1, 0.15) is 17.7 Å². The van der Waals surface area contributed by atoms with Crippen LogP contribution in [0.15, 0.2) is 36.1 Å². The number of rotatable bonds is 4. The summed E-state index contributed by atoms with van der Waals surface area (Å²) in [5, 5.41) is 51.6. The minimum Gasteiger partial charge on any atom is -0.478 e. The number of benzene rings is 1. The smallest absolute Gasteiger partial charge is 0.334 e. The standard InChI is InChI=1S/C26H30N2O10/c29-9-17-19(30)20(31)21(32)25(36-17)37-24-18-13(14(10-35-24)23(33)34)7-26-22-12(5-6-28(26)8-16(18)38-26)11-3-1-2-4-15(11)27-22/h1-4,10,13,16-21,24-25,27,29-32H,5-9H2,(H,33,34)/t13-,16+,17-,18+,19-,20+,21-,24+,25+,26-/m0/s1. The second-order valence-corrected chi connectivity index (χ2v) is 10.8. The van der Waals surface area contributed by atoms with Gasteiger partial charge in [-0.2, -0.15) is 0 Å². The third kappa shape index (κ3) is 3.36. The number of carboxylic acid groups (broad SMARTS) is 1. The van der Waals surface area contributed by atoms with E-state index in [0.717, 1.165) is 29.6 Å². The van der Waals surface area contributed by atoms with E-state index in [1.165, 1.54) is 11.8 Å². The van der Waals surface area contributed by atoms with E-state index in [1.54, 1.807) is 0 Å². The Kier molecular flexibility index (Phi) is 5.63. The SMILES string of the molecule is O=C(O)C1=CO[C@H](O[C@H]2O[C@@H](CO)[C@H](O)[C@@H](O)[C@@H]2O)[C@H]2[C@H]3CN4CCc5c([nH]c6ccccc56)[C@]4(C[C@@H]12)O3. The second kappa shape index (κ2) is 8.73. The Morgan fingerprint density at radius 3 is 2.76 bits per heavy atom. The number of carbonyl (C=O) groups is 1. The van der Waals surface area contributed by atoms with Gasteiger partial charge in [0, 0.05) is 36.3 Å². The summed E-state index contributed by atoms with van der Waals surface area (Å²) in [7, 11) is 0. The molecule has 12 nitrogen and oxygen atoms in total. The normalized spacial score (nSPS) is 42.1. The molecule has 0 amide bonds. The van der Waals surface area contributed by atoms with E-state index in [9.17, 15) is 30.3 Å². The molecule has 5 aliphatic heterocycles. The van der Waals surface area contributed by atoms with Gasteiger partial charge < -0.3 is 49.5 Å². The van der Waals surface area contributed by atoms with Gasteiger partial charge in [0.15, 0.2) is 12.0 Å². The molecule has 0 radical (unpaired) electrons. The average molecular weight is 531 g/mol. The van der Waals surface area contributed by atoms with Crippen LogP contribution < -0.4 is 0 Å². The van der Waals surface area contributed by atoms with Crippen LogP contribution in [-0.4, -0.2) is 104 Å². The minimum atomic E-state index is -1.61. The van der Waals surface area contributed by atoms with E-state index in [1.807, 2.05) is 18.2 Å². The van der Waals surface area contributed by atoms with E-state index >= 15 is 0 Å². The lowest BCUT2D eigenvalue weighted by atomic mass is 9.74. The van der Waals surface area contributed by atoms with Crippen LogP contribution in [0.3, 0.4) is 0 Å². The highest BCUT2D eigenvalue weighted by Gasteiger charge is 2.64. The third-order valence-electron chi connectivity index (χ3n) is 8.89. The number of hydrogen-bond donors (Lipinski definition) is 6. The molecule has 5 aliphatic rings. The maximum atomic E-state index is 12.3. The van der Waals surface area contributed by atoms with Crippen molar-refractivity contribution >= 4 is 16.9 Å². The number of aliphatic hydroxyl groups excluding tert-OH is 4. The predicted molar refractivity (Wildman–Crippen MR) is 127 cm³/mol. The first-order valence-electron chi connectivity index (χ1n) is 12.9. The van der Waals surface area contributed by atoms with Gasteiger partial charge in [-0.05, 0) is 18.1 Å². The van der Waals surface area contributed by atoms with Gasteiger partial charge in [0.05, 0.1) is 36.2 Å². The molecule has 7 rings (SSSR count). The van der Waals surface area contributed by atoms with Crippen molar-refractivity contribution in [3.8, 4) is 0 Å². The summed E-state index contributed by atoms with van der Waals surface area (Å²) in [6, 6.07) is 8.07. The zero-order chi connectivity index (χ0) is 26.3. The van der Waals surface area contributed by atoms with Gasteiger partial charge in [0.25, 0.3) is 0 Å². The van der Waals surface area contributed by atoms with E-state index in [2.05, 4.69) is 16.0 Å². The van der Waals surface area contributed by atoms with Crippen molar-refractivity contribution < 1.29 is 49.3 Å². The Hall–Kier alpha value is -2.55. The number of aromatic nitrogens is 1. The molecule has 2 bridgehead atoms. The number of H-pyrrole nitrogens is 1. The second-order valence-electron chi connectivity index (χ2n) is 10.8. The maximum absolute atomic E-state index is 12.3. The fourth-order valence-electron chi connectivity index (χ4n) is 7.07. The first-order chi connectivity index (χ1) is 18.3. The maximum Gasteiger partial charge on any atom is 0.334 e. The molecule has 38 heavy (non-hydrogen) atoms. The highest BCUT2D eigenvalue weighted by atomic mass is 16.8. The minimum absolute atomic E-state index is 0.112. The number of hydrogen-bond acceptors (Lipinski definition) is 10. The molecule has 0 aliphatic carbocycles. The predicted octanol–water partition coefficient (Wildman–Crippen LogP) is -0.645. The summed E-state index contributed by atoms with van der Waals surface area (Å²) in [6.07, 6.45) is -6.47. The van der Waals surface area contributed by atoms with Crippen molar-refractivity contribution in [1.82, 2.24) is 9.88 Å². The lowest BCUT2D eigenvalue weighted by molar-refractivity contribution is -0.350. The Morgan fingerprint density at radius 2 is 1.97 bits per heavy atom. The summed E-state index contributed by atoms with van der Waals surface area (Å²) in [5.74, 6) is -2.15. The number of nitrogens with zero attached hydrogens (tertiary/aromatic N) is 1. The van der Waals surface area contributed by atoms with E-state index < -0.39 is 73.2 Å². The molecule has 6 N–H and O–H groups in total. The molecule has 204 valence electrons. The summed E-state index contributed by atoms with van der Waals surface area (Å²) < 4.78 is 24.0. The average Bonchev–Trinajstić information content (AvgIpc) is 3.44. The van der Waals surface area contributed by atoms with Gasteiger partial charge in [0.2, 0.25) is 6.29 Å². The molecule has 12 heteroatoms. The number of aliphatic carboxylic acids is 1. The third-order valence-corrected chi connectivity index (χ3v) is 8.89. The highest BCUT2D eigenvalue weighted by molar-refractivity contribution is 5.87. The van der Waals surface area contributed by atoms with Crippen LogP contribution in [0.5, 0.6) is 0 Å². The first-order valence-corrected chi connectivity index (χ1v) is 12.9. The van der Waals surface area contributed by atoms with Crippen molar-refractivity contribution in [3.63, 3.8) is 0 Å². The van der Waals surface area contributed by atoms with Crippen molar-refractivity contribution in [3.05, 3.63) is 47.4 Å². The molecule has 2 aromatic rings. The molecule has 0 unspecified atom stereocenters. The Labute approximate surface area is 217 Å². The molecule has 6 heterocycles. The van der Waals surface area contributed by atoms with E-state index in [0.29, 0.717) is 13.0 Å². The number of fused-ring (bicyclic) bond motifs is 6. The largest absolute Gasteiger partial charge is 0.478 e. The summed E-state index contributed by atoms with van der Waals surface area (Å²) in [4.78, 5) is 18.1. The molecule has 1 aromatic heterocycles. The molecule has 1 aromatic carbocycles. The molecule has 10 atom stereocenters. The zero-order valence-electron chi connectivity index (χ0n) is 20.3. The number of carboxylic acids is 1. The number of aliphatic hydroxyl groups is 4. The van der Waals surface area contributed by atoms with Gasteiger partial charge in [0.1, 0.15) is 24.4 Å². The molecular weight excluding hydrogens is 500 g/mol. The van der Waals surface area contributed by atoms with Gasteiger partial charge >= 0.3 is 5.97 Å². The lowest BCUT2D eigenvalue weighted by Crippen LogP contribution is -2.61. The van der Waals surface area contributed by atoms with Crippen molar-refractivity contribution in [2.45, 2.75) is 61.7 Å². The van der Waals surface area contributed by atoms with Crippen LogP contribution in [0.25, 0.3) is 10.9 Å². The van der Waals surface area contributed by atoms with Crippen LogP contribution in [0, 0.1) is 11.8 Å². The topological polar surface area (TPSA) is 174 Å².